The molecular weight excluding hydrogens is 566 g/mol. The molecule has 1 amide bonds. The molecule has 6 nitrogen and oxygen atoms in total. The van der Waals surface area contributed by atoms with Crippen LogP contribution in [0.1, 0.15) is 48.6 Å². The fraction of sp³-hybridized carbons (Fsp3) is 0.444. The van der Waals surface area contributed by atoms with Crippen molar-refractivity contribution in [3.63, 3.8) is 0 Å². The van der Waals surface area contributed by atoms with E-state index in [1.165, 1.54) is 14.2 Å². The van der Waals surface area contributed by atoms with E-state index in [1.54, 1.807) is 12.1 Å². The van der Waals surface area contributed by atoms with Crippen LogP contribution < -0.4 is 14.4 Å². The van der Waals surface area contributed by atoms with Gasteiger partial charge in [-0.1, -0.05) is 12.2 Å². The number of ether oxygens (including phenoxy) is 3. The SMILES string of the molecule is CC=CCN1c2cc(OC)c(OC)cc2[C@H](N(Cc2cc(C(F)(F)F)cc(C(F)(F)F)c2)C(=O)OC)C[C@@H]1C.Cl. The lowest BCUT2D eigenvalue weighted by atomic mass is 9.89. The Morgan fingerprint density at radius 3 is 2.00 bits per heavy atom. The van der Waals surface area contributed by atoms with Gasteiger partial charge in [-0.3, -0.25) is 4.90 Å². The van der Waals surface area contributed by atoms with Crippen molar-refractivity contribution in [1.29, 1.82) is 0 Å². The number of amides is 1. The van der Waals surface area contributed by atoms with Crippen molar-refractivity contribution in [1.82, 2.24) is 4.90 Å². The van der Waals surface area contributed by atoms with E-state index in [0.29, 0.717) is 47.8 Å². The molecule has 40 heavy (non-hydrogen) atoms. The Hall–Kier alpha value is -3.28. The summed E-state index contributed by atoms with van der Waals surface area (Å²) < 4.78 is 96.8. The van der Waals surface area contributed by atoms with Crippen molar-refractivity contribution in [3.8, 4) is 11.5 Å². The minimum absolute atomic E-state index is 0. The Kier molecular flexibility index (Phi) is 10.6. The molecule has 1 aliphatic heterocycles. The van der Waals surface area contributed by atoms with Crippen LogP contribution in [0.3, 0.4) is 0 Å². The van der Waals surface area contributed by atoms with Crippen LogP contribution in [0.5, 0.6) is 11.5 Å². The van der Waals surface area contributed by atoms with E-state index in [9.17, 15) is 31.1 Å². The van der Waals surface area contributed by atoms with Crippen molar-refractivity contribution in [2.45, 2.75) is 51.2 Å². The molecule has 1 aliphatic rings. The first kappa shape index (κ1) is 32.9. The molecule has 2 aromatic carbocycles. The highest BCUT2D eigenvalue weighted by Crippen LogP contribution is 2.46. The fourth-order valence-corrected chi connectivity index (χ4v) is 4.73. The zero-order valence-corrected chi connectivity index (χ0v) is 23.3. The van der Waals surface area contributed by atoms with Gasteiger partial charge in [0.1, 0.15) is 0 Å². The number of halogens is 7. The molecule has 0 radical (unpaired) electrons. The lowest BCUT2D eigenvalue weighted by Gasteiger charge is -2.44. The summed E-state index contributed by atoms with van der Waals surface area (Å²) in [4.78, 5) is 16.2. The van der Waals surface area contributed by atoms with Gasteiger partial charge < -0.3 is 19.1 Å². The van der Waals surface area contributed by atoms with Gasteiger partial charge in [-0.05, 0) is 50.1 Å². The third-order valence-corrected chi connectivity index (χ3v) is 6.62. The van der Waals surface area contributed by atoms with E-state index in [2.05, 4.69) is 4.90 Å². The van der Waals surface area contributed by atoms with Crippen LogP contribution in [0.15, 0.2) is 42.5 Å². The molecule has 0 saturated heterocycles. The molecule has 0 bridgehead atoms. The van der Waals surface area contributed by atoms with Crippen LogP contribution in [-0.2, 0) is 23.6 Å². The van der Waals surface area contributed by atoms with Crippen molar-refractivity contribution >= 4 is 24.2 Å². The van der Waals surface area contributed by atoms with E-state index in [1.807, 2.05) is 26.0 Å². The second-order valence-corrected chi connectivity index (χ2v) is 9.10. The van der Waals surface area contributed by atoms with Gasteiger partial charge in [0.05, 0.1) is 38.5 Å². The quantitative estimate of drug-likeness (QED) is 0.243. The lowest BCUT2D eigenvalue weighted by Crippen LogP contribution is -2.45. The van der Waals surface area contributed by atoms with E-state index >= 15 is 0 Å². The predicted molar refractivity (Wildman–Crippen MR) is 140 cm³/mol. The molecule has 0 unspecified atom stereocenters. The summed E-state index contributed by atoms with van der Waals surface area (Å²) in [6, 6.07) is 3.76. The van der Waals surface area contributed by atoms with E-state index < -0.39 is 42.2 Å². The standard InChI is InChI=1S/C27H30F6N2O4.ClH/c1-6-7-8-34-16(2)9-21(20-13-23(37-3)24(38-4)14-22(20)34)35(25(36)39-5)15-17-10-18(26(28,29)30)12-19(11-17)27(31,32)33;/h6-7,10-14,16,21H,8-9,15H2,1-5H3;1H/t16-,21+;/m0./s1. The minimum Gasteiger partial charge on any atom is -0.493 e. The third kappa shape index (κ3) is 7.07. The number of rotatable bonds is 7. The Balaban J connectivity index is 0.00000560. The molecule has 3 rings (SSSR count). The van der Waals surface area contributed by atoms with Crippen LogP contribution in [-0.4, -0.2) is 44.9 Å². The van der Waals surface area contributed by atoms with Gasteiger partial charge in [-0.25, -0.2) is 4.79 Å². The molecule has 0 aliphatic carbocycles. The number of hydrogen-bond donors (Lipinski definition) is 0. The van der Waals surface area contributed by atoms with Crippen LogP contribution in [0.4, 0.5) is 36.8 Å². The van der Waals surface area contributed by atoms with Crippen molar-refractivity contribution in [2.24, 2.45) is 0 Å². The van der Waals surface area contributed by atoms with Crippen molar-refractivity contribution < 1.29 is 45.3 Å². The van der Waals surface area contributed by atoms with Gasteiger partial charge in [0, 0.05) is 36.4 Å². The Labute approximate surface area is 234 Å². The van der Waals surface area contributed by atoms with Crippen LogP contribution in [0, 0.1) is 0 Å². The topological polar surface area (TPSA) is 51.2 Å². The Morgan fingerprint density at radius 1 is 0.975 bits per heavy atom. The summed E-state index contributed by atoms with van der Waals surface area (Å²) in [5.74, 6) is 0.775. The molecule has 0 fully saturated rings. The first-order valence-corrected chi connectivity index (χ1v) is 12.0. The maximum Gasteiger partial charge on any atom is 0.416 e. The van der Waals surface area contributed by atoms with Gasteiger partial charge in [0.25, 0.3) is 0 Å². The molecule has 2 aromatic rings. The first-order valence-electron chi connectivity index (χ1n) is 12.0. The summed E-state index contributed by atoms with van der Waals surface area (Å²) in [7, 11) is 4.00. The highest BCUT2D eigenvalue weighted by Gasteiger charge is 2.40. The monoisotopic (exact) mass is 596 g/mol. The van der Waals surface area contributed by atoms with E-state index in [-0.39, 0.29) is 30.1 Å². The smallest absolute Gasteiger partial charge is 0.416 e. The average Bonchev–Trinajstić information content (AvgIpc) is 2.88. The highest BCUT2D eigenvalue weighted by molar-refractivity contribution is 5.85. The molecule has 0 spiro atoms. The summed E-state index contributed by atoms with van der Waals surface area (Å²) >= 11 is 0. The van der Waals surface area contributed by atoms with E-state index in [4.69, 9.17) is 14.2 Å². The number of fused-ring (bicyclic) bond motifs is 1. The normalized spacial score (nSPS) is 17.2. The number of allylic oxidation sites excluding steroid dienone is 1. The fourth-order valence-electron chi connectivity index (χ4n) is 4.73. The first-order chi connectivity index (χ1) is 18.2. The maximum absolute atomic E-state index is 13.5. The zero-order valence-electron chi connectivity index (χ0n) is 22.5. The lowest BCUT2D eigenvalue weighted by molar-refractivity contribution is -0.143. The molecule has 2 atom stereocenters. The zero-order chi connectivity index (χ0) is 29.1. The van der Waals surface area contributed by atoms with Crippen LogP contribution in [0.2, 0.25) is 0 Å². The molecule has 0 saturated carbocycles. The molecule has 13 heteroatoms. The molecule has 222 valence electrons. The van der Waals surface area contributed by atoms with Gasteiger partial charge in [0.15, 0.2) is 11.5 Å². The number of carbonyl (C=O) groups is 1. The summed E-state index contributed by atoms with van der Waals surface area (Å²) in [6.07, 6.45) is -6.80. The van der Waals surface area contributed by atoms with E-state index in [0.717, 1.165) is 12.0 Å². The van der Waals surface area contributed by atoms with Gasteiger partial charge in [-0.2, -0.15) is 26.3 Å². The van der Waals surface area contributed by atoms with Gasteiger partial charge in [-0.15, -0.1) is 12.4 Å². The molecule has 0 aromatic heterocycles. The predicted octanol–water partition coefficient (Wildman–Crippen LogP) is 7.65. The number of nitrogens with zero attached hydrogens (tertiary/aromatic N) is 2. The number of hydrogen-bond acceptors (Lipinski definition) is 5. The van der Waals surface area contributed by atoms with Crippen LogP contribution in [0.25, 0.3) is 0 Å². The second kappa shape index (κ2) is 12.9. The minimum atomic E-state index is -5.02. The number of carbonyl (C=O) groups excluding carboxylic acids is 1. The van der Waals surface area contributed by atoms with Crippen molar-refractivity contribution in [2.75, 3.05) is 32.8 Å². The largest absolute Gasteiger partial charge is 0.493 e. The molecule has 1 heterocycles. The van der Waals surface area contributed by atoms with Gasteiger partial charge in [0.2, 0.25) is 0 Å². The van der Waals surface area contributed by atoms with Crippen molar-refractivity contribution in [3.05, 3.63) is 64.7 Å². The number of methoxy groups -OCH3 is 3. The number of benzene rings is 2. The Bertz CT molecular complexity index is 1190. The Morgan fingerprint density at radius 2 is 1.52 bits per heavy atom. The average molecular weight is 597 g/mol. The molecule has 0 N–H and O–H groups in total. The summed E-state index contributed by atoms with van der Waals surface area (Å²) in [5.41, 5.74) is -1.99. The third-order valence-electron chi connectivity index (χ3n) is 6.62. The molecular formula is C27H31ClF6N2O4. The number of anilines is 1. The maximum atomic E-state index is 13.5. The second-order valence-electron chi connectivity index (χ2n) is 9.10. The summed E-state index contributed by atoms with van der Waals surface area (Å²) in [5, 5.41) is 0. The summed E-state index contributed by atoms with van der Waals surface area (Å²) in [6.45, 7) is 3.75. The van der Waals surface area contributed by atoms with Gasteiger partial charge >= 0.3 is 18.4 Å². The highest BCUT2D eigenvalue weighted by atomic mass is 35.5. The van der Waals surface area contributed by atoms with Crippen LogP contribution >= 0.6 is 12.4 Å². The number of alkyl halides is 6.